The molecule has 1 saturated heterocycles. The van der Waals surface area contributed by atoms with Gasteiger partial charge in [-0.2, -0.15) is 0 Å². The SMILES string of the molecule is FCCCN1CC(Cc2ccc(C3=C(CC4CCC4)CCCc4ccccc43)cc2)C1. The quantitative estimate of drug-likeness (QED) is 0.454. The number of fused-ring (bicyclic) bond motifs is 1. The highest BCUT2D eigenvalue weighted by Gasteiger charge is 2.27. The third kappa shape index (κ3) is 4.80. The van der Waals surface area contributed by atoms with Gasteiger partial charge in [-0.3, -0.25) is 4.39 Å². The third-order valence-corrected chi connectivity index (χ3v) is 7.73. The van der Waals surface area contributed by atoms with Crippen molar-refractivity contribution in [3.63, 3.8) is 0 Å². The third-order valence-electron chi connectivity index (χ3n) is 7.73. The minimum atomic E-state index is -0.190. The second kappa shape index (κ2) is 9.69. The lowest BCUT2D eigenvalue weighted by molar-refractivity contribution is 0.0968. The van der Waals surface area contributed by atoms with Crippen LogP contribution in [0.2, 0.25) is 0 Å². The molecule has 2 fully saturated rings. The summed E-state index contributed by atoms with van der Waals surface area (Å²) < 4.78 is 12.4. The standard InChI is InChI=1S/C29H36FN/c30-16-5-17-31-20-24(21-31)18-23-12-14-26(15-13-23)29-27(19-22-6-3-7-22)10-4-9-25-8-1-2-11-28(25)29/h1-2,8,11-15,22,24H,3-7,9-10,16-21H2. The van der Waals surface area contributed by atoms with E-state index in [-0.39, 0.29) is 6.67 Å². The molecule has 0 amide bonds. The van der Waals surface area contributed by atoms with Gasteiger partial charge in [0.2, 0.25) is 0 Å². The summed E-state index contributed by atoms with van der Waals surface area (Å²) in [4.78, 5) is 2.39. The largest absolute Gasteiger partial charge is 0.303 e. The van der Waals surface area contributed by atoms with E-state index in [1.54, 1.807) is 5.57 Å². The van der Waals surface area contributed by atoms with Crippen LogP contribution in [-0.2, 0) is 12.8 Å². The zero-order chi connectivity index (χ0) is 21.0. The van der Waals surface area contributed by atoms with Crippen LogP contribution in [0.4, 0.5) is 4.39 Å². The van der Waals surface area contributed by atoms with Gasteiger partial charge in [0.1, 0.15) is 0 Å². The molecule has 31 heavy (non-hydrogen) atoms. The average molecular weight is 418 g/mol. The van der Waals surface area contributed by atoms with Crippen LogP contribution in [0.1, 0.15) is 67.2 Å². The van der Waals surface area contributed by atoms with Gasteiger partial charge in [0.05, 0.1) is 6.67 Å². The Morgan fingerprint density at radius 3 is 2.39 bits per heavy atom. The van der Waals surface area contributed by atoms with Crippen LogP contribution in [0.5, 0.6) is 0 Å². The summed E-state index contributed by atoms with van der Waals surface area (Å²) in [6, 6.07) is 18.6. The van der Waals surface area contributed by atoms with Crippen molar-refractivity contribution in [2.75, 3.05) is 26.3 Å². The molecule has 2 aromatic carbocycles. The number of aryl methyl sites for hydroxylation is 1. The van der Waals surface area contributed by atoms with Crippen LogP contribution in [0, 0.1) is 11.8 Å². The second-order valence-corrected chi connectivity index (χ2v) is 10.1. The maximum absolute atomic E-state index is 12.4. The molecule has 3 aliphatic rings. The first-order chi connectivity index (χ1) is 15.3. The highest BCUT2D eigenvalue weighted by molar-refractivity contribution is 5.84. The van der Waals surface area contributed by atoms with E-state index in [1.165, 1.54) is 72.8 Å². The summed E-state index contributed by atoms with van der Waals surface area (Å²) in [6.45, 7) is 2.99. The first kappa shape index (κ1) is 20.9. The number of allylic oxidation sites excluding steroid dienone is 1. The van der Waals surface area contributed by atoms with Crippen LogP contribution >= 0.6 is 0 Å². The van der Waals surface area contributed by atoms with E-state index < -0.39 is 0 Å². The van der Waals surface area contributed by atoms with Crippen molar-refractivity contribution in [3.05, 3.63) is 76.4 Å². The van der Waals surface area contributed by atoms with Crippen LogP contribution in [0.3, 0.4) is 0 Å². The van der Waals surface area contributed by atoms with Crippen LogP contribution in [0.25, 0.3) is 5.57 Å². The molecular weight excluding hydrogens is 381 g/mol. The molecule has 0 N–H and O–H groups in total. The summed E-state index contributed by atoms with van der Waals surface area (Å²) in [5.41, 5.74) is 9.09. The molecule has 2 heteroatoms. The molecule has 0 spiro atoms. The molecule has 2 aromatic rings. The molecule has 0 aromatic heterocycles. The molecule has 1 nitrogen and oxygen atoms in total. The number of benzene rings is 2. The zero-order valence-electron chi connectivity index (χ0n) is 18.8. The summed E-state index contributed by atoms with van der Waals surface area (Å²) in [5.74, 6) is 1.64. The smallest absolute Gasteiger partial charge is 0.0906 e. The van der Waals surface area contributed by atoms with Crippen molar-refractivity contribution in [2.24, 2.45) is 11.8 Å². The summed E-state index contributed by atoms with van der Waals surface area (Å²) in [7, 11) is 0. The fourth-order valence-electron chi connectivity index (χ4n) is 5.81. The minimum absolute atomic E-state index is 0.190. The molecule has 5 rings (SSSR count). The second-order valence-electron chi connectivity index (χ2n) is 10.1. The van der Waals surface area contributed by atoms with E-state index in [2.05, 4.69) is 53.4 Å². The number of alkyl halides is 1. The van der Waals surface area contributed by atoms with Crippen molar-refractivity contribution in [1.29, 1.82) is 0 Å². The van der Waals surface area contributed by atoms with Crippen molar-refractivity contribution >= 4 is 5.57 Å². The maximum atomic E-state index is 12.4. The summed E-state index contributed by atoms with van der Waals surface area (Å²) in [5, 5.41) is 0. The number of nitrogens with zero attached hydrogens (tertiary/aromatic N) is 1. The lowest BCUT2D eigenvalue weighted by Crippen LogP contribution is -2.47. The number of halogens is 1. The monoisotopic (exact) mass is 417 g/mol. The van der Waals surface area contributed by atoms with E-state index >= 15 is 0 Å². The Morgan fingerprint density at radius 2 is 1.65 bits per heavy atom. The van der Waals surface area contributed by atoms with Gasteiger partial charge >= 0.3 is 0 Å². The lowest BCUT2D eigenvalue weighted by atomic mass is 9.78. The van der Waals surface area contributed by atoms with Crippen molar-refractivity contribution in [3.8, 4) is 0 Å². The van der Waals surface area contributed by atoms with Crippen molar-refractivity contribution < 1.29 is 4.39 Å². The molecular formula is C29H36FN. The first-order valence-corrected chi connectivity index (χ1v) is 12.5. The Bertz CT molecular complexity index is 903. The Kier molecular flexibility index (Phi) is 6.55. The number of hydrogen-bond acceptors (Lipinski definition) is 1. The summed E-state index contributed by atoms with van der Waals surface area (Å²) in [6.07, 6.45) is 11.1. The minimum Gasteiger partial charge on any atom is -0.303 e. The van der Waals surface area contributed by atoms with Gasteiger partial charge in [0.15, 0.2) is 0 Å². The normalized spacial score (nSPS) is 20.2. The Morgan fingerprint density at radius 1 is 0.839 bits per heavy atom. The maximum Gasteiger partial charge on any atom is 0.0906 e. The van der Waals surface area contributed by atoms with E-state index in [4.69, 9.17) is 0 Å². The first-order valence-electron chi connectivity index (χ1n) is 12.5. The zero-order valence-corrected chi connectivity index (χ0v) is 18.8. The predicted molar refractivity (Wildman–Crippen MR) is 128 cm³/mol. The van der Waals surface area contributed by atoms with Gasteiger partial charge in [-0.25, -0.2) is 0 Å². The average Bonchev–Trinajstić information content (AvgIpc) is 2.92. The van der Waals surface area contributed by atoms with Crippen LogP contribution in [-0.4, -0.2) is 31.2 Å². The lowest BCUT2D eigenvalue weighted by Gasteiger charge is -2.39. The number of likely N-dealkylation sites (tertiary alicyclic amines) is 1. The Labute approximate surface area is 187 Å². The summed E-state index contributed by atoms with van der Waals surface area (Å²) >= 11 is 0. The van der Waals surface area contributed by atoms with Crippen molar-refractivity contribution in [1.82, 2.24) is 4.90 Å². The highest BCUT2D eigenvalue weighted by atomic mass is 19.1. The predicted octanol–water partition coefficient (Wildman–Crippen LogP) is 6.85. The molecule has 2 aliphatic carbocycles. The number of rotatable bonds is 8. The van der Waals surface area contributed by atoms with Crippen LogP contribution < -0.4 is 0 Å². The van der Waals surface area contributed by atoms with Crippen molar-refractivity contribution in [2.45, 2.75) is 57.8 Å². The molecule has 0 atom stereocenters. The van der Waals surface area contributed by atoms with Gasteiger partial charge in [0.25, 0.3) is 0 Å². The fourth-order valence-corrected chi connectivity index (χ4v) is 5.81. The Balaban J connectivity index is 1.35. The molecule has 1 heterocycles. The molecule has 1 saturated carbocycles. The molecule has 0 radical (unpaired) electrons. The van der Waals surface area contributed by atoms with E-state index in [0.29, 0.717) is 6.42 Å². The van der Waals surface area contributed by atoms with E-state index in [0.717, 1.165) is 37.9 Å². The van der Waals surface area contributed by atoms with E-state index in [1.807, 2.05) is 0 Å². The van der Waals surface area contributed by atoms with Gasteiger partial charge in [0, 0.05) is 19.6 Å². The molecule has 164 valence electrons. The fraction of sp³-hybridized carbons (Fsp3) is 0.517. The topological polar surface area (TPSA) is 3.24 Å². The Hall–Kier alpha value is -1.93. The number of hydrogen-bond donors (Lipinski definition) is 0. The van der Waals surface area contributed by atoms with Gasteiger partial charge in [-0.15, -0.1) is 0 Å². The van der Waals surface area contributed by atoms with Gasteiger partial charge < -0.3 is 4.90 Å². The molecule has 0 unspecified atom stereocenters. The van der Waals surface area contributed by atoms with E-state index in [9.17, 15) is 4.39 Å². The molecule has 0 bridgehead atoms. The van der Waals surface area contributed by atoms with Gasteiger partial charge in [-0.1, -0.05) is 73.4 Å². The molecule has 1 aliphatic heterocycles. The highest BCUT2D eigenvalue weighted by Crippen LogP contribution is 2.41. The van der Waals surface area contributed by atoms with Crippen LogP contribution in [0.15, 0.2) is 54.1 Å². The van der Waals surface area contributed by atoms with Gasteiger partial charge in [-0.05, 0) is 78.2 Å².